The highest BCUT2D eigenvalue weighted by atomic mass is 79.9. The van der Waals surface area contributed by atoms with Gasteiger partial charge in [0.1, 0.15) is 0 Å². The number of benzene rings is 1. The molecule has 1 rings (SSSR count). The molecule has 1 nitrogen and oxygen atoms in total. The maximum atomic E-state index is 6.10. The number of nitrogens with two attached hydrogens (primary N) is 1. The molecule has 86 valence electrons. The summed E-state index contributed by atoms with van der Waals surface area (Å²) in [4.78, 5) is 0. The normalized spacial score (nSPS) is 12.4. The van der Waals surface area contributed by atoms with E-state index in [1.54, 1.807) is 0 Å². The molecule has 2 N–H and O–H groups in total. The van der Waals surface area contributed by atoms with E-state index in [4.69, 9.17) is 17.3 Å². The minimum atomic E-state index is 0. The molecule has 0 aliphatic carbocycles. The molecule has 0 aliphatic rings. The molecule has 0 radical (unpaired) electrons. The van der Waals surface area contributed by atoms with Gasteiger partial charge in [-0.25, -0.2) is 0 Å². The fourth-order valence-electron chi connectivity index (χ4n) is 1.44. The molecule has 1 aromatic rings. The van der Waals surface area contributed by atoms with E-state index in [9.17, 15) is 0 Å². The van der Waals surface area contributed by atoms with Crippen LogP contribution in [0.4, 0.5) is 0 Å². The Morgan fingerprint density at radius 2 is 2.00 bits per heavy atom. The Kier molecular flexibility index (Phi) is 6.85. The van der Waals surface area contributed by atoms with Gasteiger partial charge in [0, 0.05) is 15.5 Å². The van der Waals surface area contributed by atoms with Crippen LogP contribution in [0.5, 0.6) is 0 Å². The summed E-state index contributed by atoms with van der Waals surface area (Å²) in [5.41, 5.74) is 7.08. The van der Waals surface area contributed by atoms with Crippen LogP contribution >= 0.6 is 39.9 Å². The molecular formula is C11H16BrCl2N. The van der Waals surface area contributed by atoms with Gasteiger partial charge in [-0.3, -0.25) is 0 Å². The Morgan fingerprint density at radius 1 is 1.40 bits per heavy atom. The predicted molar refractivity (Wildman–Crippen MR) is 72.8 cm³/mol. The summed E-state index contributed by atoms with van der Waals surface area (Å²) in [6.07, 6.45) is 0.960. The Balaban J connectivity index is 0.00000196. The number of rotatable bonds is 3. The molecule has 0 aromatic heterocycles. The van der Waals surface area contributed by atoms with Crippen LogP contribution in [0.25, 0.3) is 0 Å². The fourth-order valence-corrected chi connectivity index (χ4v) is 2.25. The van der Waals surface area contributed by atoms with Crippen molar-refractivity contribution < 1.29 is 0 Å². The summed E-state index contributed by atoms with van der Waals surface area (Å²) in [6, 6.07) is 5.88. The van der Waals surface area contributed by atoms with Crippen LogP contribution in [0.3, 0.4) is 0 Å². The highest BCUT2D eigenvalue weighted by Crippen LogP contribution is 2.28. The first-order valence-corrected chi connectivity index (χ1v) is 5.88. The van der Waals surface area contributed by atoms with E-state index in [2.05, 4.69) is 29.8 Å². The van der Waals surface area contributed by atoms with Crippen LogP contribution in [-0.4, -0.2) is 0 Å². The van der Waals surface area contributed by atoms with E-state index < -0.39 is 0 Å². The van der Waals surface area contributed by atoms with Crippen molar-refractivity contribution in [3.05, 3.63) is 33.3 Å². The second kappa shape index (κ2) is 6.74. The lowest BCUT2D eigenvalue weighted by Crippen LogP contribution is -2.13. The third kappa shape index (κ3) is 4.73. The number of hydrogen-bond donors (Lipinski definition) is 1. The van der Waals surface area contributed by atoms with Crippen molar-refractivity contribution in [2.75, 3.05) is 0 Å². The van der Waals surface area contributed by atoms with Crippen LogP contribution < -0.4 is 5.73 Å². The maximum absolute atomic E-state index is 6.10. The molecule has 0 bridgehead atoms. The monoisotopic (exact) mass is 311 g/mol. The Labute approximate surface area is 111 Å². The Morgan fingerprint density at radius 3 is 2.47 bits per heavy atom. The zero-order valence-corrected chi connectivity index (χ0v) is 12.0. The van der Waals surface area contributed by atoms with Gasteiger partial charge in [-0.15, -0.1) is 12.4 Å². The van der Waals surface area contributed by atoms with Crippen LogP contribution in [0, 0.1) is 5.92 Å². The van der Waals surface area contributed by atoms with Gasteiger partial charge >= 0.3 is 0 Å². The standard InChI is InChI=1S/C11H15BrClN.ClH/c1-7(2)5-11(14)9-4-3-8(12)6-10(9)13;/h3-4,6-7,11H,5,14H2,1-2H3;1H/t11-;/m1./s1. The lowest BCUT2D eigenvalue weighted by molar-refractivity contribution is 0.510. The molecule has 0 aliphatic heterocycles. The van der Waals surface area contributed by atoms with Crippen molar-refractivity contribution in [1.29, 1.82) is 0 Å². The molecular weight excluding hydrogens is 297 g/mol. The Bertz CT molecular complexity index is 315. The van der Waals surface area contributed by atoms with Gasteiger partial charge in [-0.2, -0.15) is 0 Å². The zero-order valence-electron chi connectivity index (χ0n) is 8.84. The number of halogens is 3. The first-order chi connectivity index (χ1) is 6.50. The van der Waals surface area contributed by atoms with Gasteiger partial charge in [-0.05, 0) is 30.0 Å². The van der Waals surface area contributed by atoms with Crippen molar-refractivity contribution >= 4 is 39.9 Å². The third-order valence-electron chi connectivity index (χ3n) is 2.09. The second-order valence-corrected chi connectivity index (χ2v) is 5.22. The summed E-state index contributed by atoms with van der Waals surface area (Å²) in [5, 5.41) is 0.743. The average molecular weight is 313 g/mol. The van der Waals surface area contributed by atoms with Crippen molar-refractivity contribution in [1.82, 2.24) is 0 Å². The smallest absolute Gasteiger partial charge is 0.0464 e. The molecule has 1 atom stereocenters. The van der Waals surface area contributed by atoms with Gasteiger partial charge in [-0.1, -0.05) is 47.4 Å². The molecule has 0 amide bonds. The second-order valence-electron chi connectivity index (χ2n) is 3.90. The fraction of sp³-hybridized carbons (Fsp3) is 0.455. The van der Waals surface area contributed by atoms with Gasteiger partial charge in [0.2, 0.25) is 0 Å². The lowest BCUT2D eigenvalue weighted by atomic mass is 9.98. The van der Waals surface area contributed by atoms with Crippen LogP contribution in [0.2, 0.25) is 5.02 Å². The van der Waals surface area contributed by atoms with E-state index in [0.717, 1.165) is 21.5 Å². The van der Waals surface area contributed by atoms with E-state index in [0.29, 0.717) is 5.92 Å². The van der Waals surface area contributed by atoms with Crippen LogP contribution in [-0.2, 0) is 0 Å². The summed E-state index contributed by atoms with van der Waals surface area (Å²) in [7, 11) is 0. The predicted octanol–water partition coefficient (Wildman–Crippen LogP) is 4.57. The van der Waals surface area contributed by atoms with Crippen molar-refractivity contribution in [2.45, 2.75) is 26.3 Å². The zero-order chi connectivity index (χ0) is 10.7. The highest BCUT2D eigenvalue weighted by molar-refractivity contribution is 9.10. The van der Waals surface area contributed by atoms with Gasteiger partial charge in [0.15, 0.2) is 0 Å². The maximum Gasteiger partial charge on any atom is 0.0464 e. The minimum Gasteiger partial charge on any atom is -0.324 e. The summed E-state index contributed by atoms with van der Waals surface area (Å²) in [5.74, 6) is 0.588. The lowest BCUT2D eigenvalue weighted by Gasteiger charge is -2.15. The first-order valence-electron chi connectivity index (χ1n) is 4.71. The average Bonchev–Trinajstić information content (AvgIpc) is 2.01. The number of hydrogen-bond acceptors (Lipinski definition) is 1. The summed E-state index contributed by atoms with van der Waals surface area (Å²) < 4.78 is 0.989. The van der Waals surface area contributed by atoms with Crippen LogP contribution in [0.15, 0.2) is 22.7 Å². The van der Waals surface area contributed by atoms with Gasteiger partial charge in [0.25, 0.3) is 0 Å². The topological polar surface area (TPSA) is 26.0 Å². The molecule has 1 aromatic carbocycles. The highest BCUT2D eigenvalue weighted by Gasteiger charge is 2.11. The summed E-state index contributed by atoms with van der Waals surface area (Å²) in [6.45, 7) is 4.32. The van der Waals surface area contributed by atoms with Gasteiger partial charge < -0.3 is 5.73 Å². The SMILES string of the molecule is CC(C)C[C@@H](N)c1ccc(Br)cc1Cl.Cl. The molecule has 0 saturated carbocycles. The van der Waals surface area contributed by atoms with Crippen molar-refractivity contribution in [2.24, 2.45) is 11.7 Å². The quantitative estimate of drug-likeness (QED) is 0.869. The minimum absolute atomic E-state index is 0. The van der Waals surface area contributed by atoms with E-state index in [1.807, 2.05) is 18.2 Å². The Hall–Kier alpha value is 0.240. The molecule has 0 heterocycles. The van der Waals surface area contributed by atoms with E-state index in [1.165, 1.54) is 0 Å². The van der Waals surface area contributed by atoms with Crippen molar-refractivity contribution in [3.63, 3.8) is 0 Å². The van der Waals surface area contributed by atoms with E-state index in [-0.39, 0.29) is 18.4 Å². The largest absolute Gasteiger partial charge is 0.324 e. The van der Waals surface area contributed by atoms with Crippen LogP contribution in [0.1, 0.15) is 31.9 Å². The van der Waals surface area contributed by atoms with Crippen molar-refractivity contribution in [3.8, 4) is 0 Å². The molecule has 0 unspecified atom stereocenters. The van der Waals surface area contributed by atoms with E-state index >= 15 is 0 Å². The molecule has 4 heteroatoms. The molecule has 0 spiro atoms. The first kappa shape index (κ1) is 15.2. The molecule has 0 fully saturated rings. The molecule has 0 saturated heterocycles. The third-order valence-corrected chi connectivity index (χ3v) is 2.91. The van der Waals surface area contributed by atoms with Gasteiger partial charge in [0.05, 0.1) is 0 Å². The molecule has 15 heavy (non-hydrogen) atoms. The summed E-state index contributed by atoms with van der Waals surface area (Å²) >= 11 is 9.47.